The lowest BCUT2D eigenvalue weighted by Gasteiger charge is -2.20. The number of para-hydroxylation sites is 1. The van der Waals surface area contributed by atoms with E-state index in [4.69, 9.17) is 9.47 Å². The maximum Gasteiger partial charge on any atom is 0.412 e. The predicted molar refractivity (Wildman–Crippen MR) is 82.4 cm³/mol. The standard InChI is InChI=1S/C16H21NO5/c1-16(2,3)22-15(19)17-12(14(18)21-5)10-11-8-6-7-9-13(11)20-4/h6-10H,1-5H3,(H,17,19)/b12-10+. The summed E-state index contributed by atoms with van der Waals surface area (Å²) in [5.41, 5.74) is -0.0850. The molecule has 6 heteroatoms. The Bertz CT molecular complexity index is 572. The molecule has 1 aromatic carbocycles. The largest absolute Gasteiger partial charge is 0.496 e. The highest BCUT2D eigenvalue weighted by atomic mass is 16.6. The first-order chi connectivity index (χ1) is 10.3. The van der Waals surface area contributed by atoms with E-state index in [2.05, 4.69) is 10.1 Å². The van der Waals surface area contributed by atoms with E-state index < -0.39 is 17.7 Å². The number of benzene rings is 1. The number of rotatable bonds is 4. The van der Waals surface area contributed by atoms with E-state index in [0.717, 1.165) is 0 Å². The molecule has 0 aliphatic rings. The highest BCUT2D eigenvalue weighted by Gasteiger charge is 2.20. The van der Waals surface area contributed by atoms with Crippen LogP contribution in [-0.4, -0.2) is 31.9 Å². The molecule has 0 heterocycles. The Labute approximate surface area is 130 Å². The first-order valence-corrected chi connectivity index (χ1v) is 6.70. The number of esters is 1. The molecule has 1 rings (SSSR count). The van der Waals surface area contributed by atoms with Gasteiger partial charge in [0, 0.05) is 5.56 Å². The third-order valence-corrected chi connectivity index (χ3v) is 2.48. The summed E-state index contributed by atoms with van der Waals surface area (Å²) in [5, 5.41) is 2.39. The molecule has 0 aromatic heterocycles. The van der Waals surface area contributed by atoms with Gasteiger partial charge >= 0.3 is 12.1 Å². The van der Waals surface area contributed by atoms with Gasteiger partial charge in [0.25, 0.3) is 0 Å². The number of hydrogen-bond acceptors (Lipinski definition) is 5. The van der Waals surface area contributed by atoms with Crippen molar-refractivity contribution in [3.8, 4) is 5.75 Å². The summed E-state index contributed by atoms with van der Waals surface area (Å²) in [6.07, 6.45) is 0.730. The molecular formula is C16H21NO5. The second kappa shape index (κ2) is 7.49. The first kappa shape index (κ1) is 17.6. The summed E-state index contributed by atoms with van der Waals surface area (Å²) in [5.74, 6) is -0.119. The Balaban J connectivity index is 3.05. The fraction of sp³-hybridized carbons (Fsp3) is 0.375. The average molecular weight is 307 g/mol. The molecule has 0 unspecified atom stereocenters. The molecule has 120 valence electrons. The van der Waals surface area contributed by atoms with Crippen LogP contribution >= 0.6 is 0 Å². The molecule has 0 saturated carbocycles. The molecule has 0 bridgehead atoms. The lowest BCUT2D eigenvalue weighted by atomic mass is 10.1. The molecule has 22 heavy (non-hydrogen) atoms. The van der Waals surface area contributed by atoms with E-state index in [0.29, 0.717) is 11.3 Å². The van der Waals surface area contributed by atoms with Gasteiger partial charge in [-0.15, -0.1) is 0 Å². The van der Waals surface area contributed by atoms with Gasteiger partial charge in [-0.1, -0.05) is 18.2 Å². The fourth-order valence-electron chi connectivity index (χ4n) is 1.61. The lowest BCUT2D eigenvalue weighted by molar-refractivity contribution is -0.136. The van der Waals surface area contributed by atoms with E-state index in [1.807, 2.05) is 0 Å². The second-order valence-electron chi connectivity index (χ2n) is 5.42. The molecular weight excluding hydrogens is 286 g/mol. The van der Waals surface area contributed by atoms with Crippen LogP contribution in [0.2, 0.25) is 0 Å². The zero-order chi connectivity index (χ0) is 16.8. The zero-order valence-electron chi connectivity index (χ0n) is 13.4. The number of carbonyl (C=O) groups is 2. The van der Waals surface area contributed by atoms with Crippen molar-refractivity contribution in [3.63, 3.8) is 0 Å². The smallest absolute Gasteiger partial charge is 0.412 e. The highest BCUT2D eigenvalue weighted by molar-refractivity contribution is 5.97. The Morgan fingerprint density at radius 3 is 2.32 bits per heavy atom. The van der Waals surface area contributed by atoms with Crippen molar-refractivity contribution in [1.29, 1.82) is 0 Å². The lowest BCUT2D eigenvalue weighted by Crippen LogP contribution is -2.34. The van der Waals surface area contributed by atoms with Gasteiger partial charge in [-0.25, -0.2) is 9.59 Å². The first-order valence-electron chi connectivity index (χ1n) is 6.70. The van der Waals surface area contributed by atoms with Gasteiger partial charge in [-0.3, -0.25) is 5.32 Å². The molecule has 1 N–H and O–H groups in total. The van der Waals surface area contributed by atoms with Crippen LogP contribution in [0, 0.1) is 0 Å². The Hall–Kier alpha value is -2.50. The summed E-state index contributed by atoms with van der Waals surface area (Å²) >= 11 is 0. The molecule has 0 radical (unpaired) electrons. The number of hydrogen-bond donors (Lipinski definition) is 1. The molecule has 0 aliphatic carbocycles. The van der Waals surface area contributed by atoms with E-state index in [1.54, 1.807) is 45.0 Å². The van der Waals surface area contributed by atoms with Crippen molar-refractivity contribution < 1.29 is 23.8 Å². The number of nitrogens with one attached hydrogen (secondary N) is 1. The monoisotopic (exact) mass is 307 g/mol. The average Bonchev–Trinajstić information content (AvgIpc) is 2.44. The normalized spacial score (nSPS) is 11.6. The third-order valence-electron chi connectivity index (χ3n) is 2.48. The van der Waals surface area contributed by atoms with Crippen LogP contribution in [0.25, 0.3) is 6.08 Å². The van der Waals surface area contributed by atoms with Crippen LogP contribution in [0.15, 0.2) is 30.0 Å². The number of methoxy groups -OCH3 is 2. The Morgan fingerprint density at radius 2 is 1.77 bits per heavy atom. The molecule has 1 aromatic rings. The van der Waals surface area contributed by atoms with E-state index >= 15 is 0 Å². The number of alkyl carbamates (subject to hydrolysis) is 1. The summed E-state index contributed by atoms with van der Waals surface area (Å²) < 4.78 is 15.0. The van der Waals surface area contributed by atoms with Crippen molar-refractivity contribution >= 4 is 18.1 Å². The van der Waals surface area contributed by atoms with Crippen molar-refractivity contribution in [2.45, 2.75) is 26.4 Å². The minimum atomic E-state index is -0.737. The van der Waals surface area contributed by atoms with Gasteiger partial charge < -0.3 is 14.2 Å². The number of carbonyl (C=O) groups excluding carboxylic acids is 2. The van der Waals surface area contributed by atoms with Crippen LogP contribution in [0.1, 0.15) is 26.3 Å². The van der Waals surface area contributed by atoms with Gasteiger partial charge in [-0.05, 0) is 32.9 Å². The van der Waals surface area contributed by atoms with Crippen molar-refractivity contribution in [2.75, 3.05) is 14.2 Å². The molecule has 0 spiro atoms. The second-order valence-corrected chi connectivity index (χ2v) is 5.42. The number of amides is 1. The van der Waals surface area contributed by atoms with E-state index in [-0.39, 0.29) is 5.70 Å². The fourth-order valence-corrected chi connectivity index (χ4v) is 1.61. The van der Waals surface area contributed by atoms with Gasteiger partial charge in [0.2, 0.25) is 0 Å². The molecule has 0 fully saturated rings. The van der Waals surface area contributed by atoms with Crippen LogP contribution in [-0.2, 0) is 14.3 Å². The minimum absolute atomic E-state index is 0.0405. The van der Waals surface area contributed by atoms with E-state index in [9.17, 15) is 9.59 Å². The summed E-state index contributed by atoms with van der Waals surface area (Å²) in [7, 11) is 2.75. The number of ether oxygens (including phenoxy) is 3. The van der Waals surface area contributed by atoms with Crippen molar-refractivity contribution in [3.05, 3.63) is 35.5 Å². The summed E-state index contributed by atoms with van der Waals surface area (Å²) in [4.78, 5) is 23.6. The van der Waals surface area contributed by atoms with Gasteiger partial charge in [-0.2, -0.15) is 0 Å². The van der Waals surface area contributed by atoms with Crippen molar-refractivity contribution in [2.24, 2.45) is 0 Å². The predicted octanol–water partition coefficient (Wildman–Crippen LogP) is 2.73. The molecule has 0 aliphatic heterocycles. The van der Waals surface area contributed by atoms with Gasteiger partial charge in [0.05, 0.1) is 14.2 Å². The minimum Gasteiger partial charge on any atom is -0.496 e. The van der Waals surface area contributed by atoms with Crippen LogP contribution in [0.3, 0.4) is 0 Å². The SMILES string of the molecule is COC(=O)/C(=C\c1ccccc1OC)NC(=O)OC(C)(C)C. The van der Waals surface area contributed by atoms with Gasteiger partial charge in [0.15, 0.2) is 0 Å². The van der Waals surface area contributed by atoms with Crippen molar-refractivity contribution in [1.82, 2.24) is 5.32 Å². The summed E-state index contributed by atoms with van der Waals surface area (Å²) in [6.45, 7) is 5.19. The summed E-state index contributed by atoms with van der Waals surface area (Å²) in [6, 6.07) is 7.08. The van der Waals surface area contributed by atoms with Crippen LogP contribution < -0.4 is 10.1 Å². The maximum atomic E-state index is 11.8. The van der Waals surface area contributed by atoms with Crippen LogP contribution in [0.5, 0.6) is 5.75 Å². The Morgan fingerprint density at radius 1 is 1.14 bits per heavy atom. The molecule has 0 atom stereocenters. The zero-order valence-corrected chi connectivity index (χ0v) is 13.4. The van der Waals surface area contributed by atoms with Gasteiger partial charge in [0.1, 0.15) is 17.0 Å². The van der Waals surface area contributed by atoms with E-state index in [1.165, 1.54) is 20.3 Å². The maximum absolute atomic E-state index is 11.8. The highest BCUT2D eigenvalue weighted by Crippen LogP contribution is 2.20. The molecule has 0 saturated heterocycles. The molecule has 6 nitrogen and oxygen atoms in total. The van der Waals surface area contributed by atoms with Crippen LogP contribution in [0.4, 0.5) is 4.79 Å². The third kappa shape index (κ3) is 5.47. The molecule has 1 amide bonds. The Kier molecular flexibility index (Phi) is 5.98. The topological polar surface area (TPSA) is 73.9 Å². The quantitative estimate of drug-likeness (QED) is 0.684.